The zero-order valence-corrected chi connectivity index (χ0v) is 12.5. The van der Waals surface area contributed by atoms with Gasteiger partial charge in [-0.25, -0.2) is 9.78 Å². The molecule has 1 heterocycles. The molecule has 0 bridgehead atoms. The van der Waals surface area contributed by atoms with E-state index in [4.69, 9.17) is 20.9 Å². The van der Waals surface area contributed by atoms with Crippen LogP contribution in [0.1, 0.15) is 16.8 Å². The molecule has 1 aromatic carbocycles. The van der Waals surface area contributed by atoms with Crippen LogP contribution in [-0.2, 0) is 17.8 Å². The van der Waals surface area contributed by atoms with E-state index in [9.17, 15) is 13.2 Å². The zero-order valence-electron chi connectivity index (χ0n) is 12.5. The number of carbonyl (C=O) groups is 1. The summed E-state index contributed by atoms with van der Waals surface area (Å²) < 4.78 is 33.8. The number of nitrogens with zero attached hydrogens (tertiary/aromatic N) is 3. The van der Waals surface area contributed by atoms with Crippen LogP contribution in [0.3, 0.4) is 0 Å². The Balaban J connectivity index is 0.000000351. The Morgan fingerprint density at radius 3 is 2.38 bits per heavy atom. The number of nitriles is 1. The molecule has 0 radical (unpaired) electrons. The fourth-order valence-electron chi connectivity index (χ4n) is 1.73. The standard InChI is InChI=1S/C13H14N4.C2HF3O2/c14-6-5-13-8-16-10-17(13)9-12-3-1-11(7-15)2-4-12;3-2(4,5)1(6)7/h1-4,8,10H,5-6,9,14H2;(H,6,7). The van der Waals surface area contributed by atoms with Crippen molar-refractivity contribution in [2.24, 2.45) is 5.73 Å². The van der Waals surface area contributed by atoms with Crippen molar-refractivity contribution in [3.63, 3.8) is 0 Å². The Morgan fingerprint density at radius 1 is 1.33 bits per heavy atom. The van der Waals surface area contributed by atoms with Gasteiger partial charge in [0.25, 0.3) is 0 Å². The van der Waals surface area contributed by atoms with Gasteiger partial charge in [-0.1, -0.05) is 12.1 Å². The molecule has 0 spiro atoms. The number of imidazole rings is 1. The van der Waals surface area contributed by atoms with Crippen LogP contribution in [0.5, 0.6) is 0 Å². The molecule has 2 rings (SSSR count). The third-order valence-electron chi connectivity index (χ3n) is 2.88. The van der Waals surface area contributed by atoms with E-state index in [1.807, 2.05) is 36.8 Å². The minimum Gasteiger partial charge on any atom is -0.475 e. The second kappa shape index (κ2) is 8.69. The minimum absolute atomic E-state index is 0.624. The van der Waals surface area contributed by atoms with Crippen LogP contribution < -0.4 is 5.73 Å². The number of rotatable bonds is 4. The van der Waals surface area contributed by atoms with Gasteiger partial charge in [0.15, 0.2) is 0 Å². The molecule has 0 saturated heterocycles. The highest BCUT2D eigenvalue weighted by molar-refractivity contribution is 5.73. The summed E-state index contributed by atoms with van der Waals surface area (Å²) in [6.45, 7) is 1.39. The number of aliphatic carboxylic acids is 1. The molecule has 2 aromatic rings. The van der Waals surface area contributed by atoms with Crippen LogP contribution in [-0.4, -0.2) is 33.3 Å². The maximum Gasteiger partial charge on any atom is 0.490 e. The van der Waals surface area contributed by atoms with Crippen molar-refractivity contribution >= 4 is 5.97 Å². The second-order valence-corrected chi connectivity index (χ2v) is 4.66. The Morgan fingerprint density at radius 2 is 1.92 bits per heavy atom. The van der Waals surface area contributed by atoms with Crippen molar-refractivity contribution in [3.05, 3.63) is 53.6 Å². The highest BCUT2D eigenvalue weighted by Gasteiger charge is 2.38. The first kappa shape index (κ1) is 19.2. The molecular formula is C15H15F3N4O2. The first-order valence-corrected chi connectivity index (χ1v) is 6.76. The Kier molecular flexibility index (Phi) is 6.95. The SMILES string of the molecule is N#Cc1ccc(Cn2cncc2CCN)cc1.O=C(O)C(F)(F)F. The minimum atomic E-state index is -5.08. The van der Waals surface area contributed by atoms with Crippen molar-refractivity contribution in [1.29, 1.82) is 5.26 Å². The lowest BCUT2D eigenvalue weighted by Crippen LogP contribution is -2.21. The topological polar surface area (TPSA) is 105 Å². The predicted octanol–water partition coefficient (Wildman–Crippen LogP) is 1.94. The van der Waals surface area contributed by atoms with Crippen LogP contribution in [0.15, 0.2) is 36.8 Å². The molecule has 6 nitrogen and oxygen atoms in total. The summed E-state index contributed by atoms with van der Waals surface area (Å²) in [6.07, 6.45) is -0.601. The Hall–Kier alpha value is -2.86. The highest BCUT2D eigenvalue weighted by atomic mass is 19.4. The summed E-state index contributed by atoms with van der Waals surface area (Å²) in [7, 11) is 0. The summed E-state index contributed by atoms with van der Waals surface area (Å²) in [5.74, 6) is -2.76. The van der Waals surface area contributed by atoms with Crippen molar-refractivity contribution in [2.75, 3.05) is 6.54 Å². The average Bonchev–Trinajstić information content (AvgIpc) is 2.95. The number of carboxylic acid groups (broad SMARTS) is 1. The molecule has 9 heteroatoms. The molecule has 0 fully saturated rings. The lowest BCUT2D eigenvalue weighted by Gasteiger charge is -2.07. The van der Waals surface area contributed by atoms with Crippen molar-refractivity contribution < 1.29 is 23.1 Å². The molecule has 0 unspecified atom stereocenters. The summed E-state index contributed by atoms with van der Waals surface area (Å²) in [5.41, 5.74) is 8.51. The molecule has 0 aliphatic carbocycles. The van der Waals surface area contributed by atoms with Gasteiger partial charge in [-0.3, -0.25) is 0 Å². The molecule has 1 aromatic heterocycles. The van der Waals surface area contributed by atoms with E-state index in [0.29, 0.717) is 12.1 Å². The molecular weight excluding hydrogens is 325 g/mol. The summed E-state index contributed by atoms with van der Waals surface area (Å²) >= 11 is 0. The van der Waals surface area contributed by atoms with Crippen LogP contribution in [0.4, 0.5) is 13.2 Å². The molecule has 0 aliphatic heterocycles. The number of halogens is 3. The van der Waals surface area contributed by atoms with Gasteiger partial charge in [0.2, 0.25) is 0 Å². The molecule has 0 atom stereocenters. The van der Waals surface area contributed by atoms with E-state index in [0.717, 1.165) is 24.2 Å². The van der Waals surface area contributed by atoms with Crippen molar-refractivity contribution in [1.82, 2.24) is 9.55 Å². The van der Waals surface area contributed by atoms with E-state index in [-0.39, 0.29) is 0 Å². The Labute approximate surface area is 136 Å². The van der Waals surface area contributed by atoms with E-state index in [1.54, 1.807) is 0 Å². The lowest BCUT2D eigenvalue weighted by atomic mass is 10.1. The van der Waals surface area contributed by atoms with Crippen LogP contribution >= 0.6 is 0 Å². The van der Waals surface area contributed by atoms with Crippen molar-refractivity contribution in [2.45, 2.75) is 19.1 Å². The van der Waals surface area contributed by atoms with E-state index in [2.05, 4.69) is 15.6 Å². The largest absolute Gasteiger partial charge is 0.490 e. The van der Waals surface area contributed by atoms with Gasteiger partial charge in [0.05, 0.1) is 18.0 Å². The van der Waals surface area contributed by atoms with Crippen molar-refractivity contribution in [3.8, 4) is 6.07 Å². The van der Waals surface area contributed by atoms with Gasteiger partial charge < -0.3 is 15.4 Å². The van der Waals surface area contributed by atoms with Crippen LogP contribution in [0.25, 0.3) is 0 Å². The number of aromatic nitrogens is 2. The summed E-state index contributed by atoms with van der Waals surface area (Å²) in [5, 5.41) is 15.8. The predicted molar refractivity (Wildman–Crippen MR) is 78.9 cm³/mol. The molecule has 128 valence electrons. The van der Waals surface area contributed by atoms with Gasteiger partial charge in [0.1, 0.15) is 0 Å². The van der Waals surface area contributed by atoms with Gasteiger partial charge in [-0.05, 0) is 24.2 Å². The molecule has 24 heavy (non-hydrogen) atoms. The normalized spacial score (nSPS) is 10.5. The lowest BCUT2D eigenvalue weighted by molar-refractivity contribution is -0.192. The summed E-state index contributed by atoms with van der Waals surface area (Å²) in [6, 6.07) is 9.69. The highest BCUT2D eigenvalue weighted by Crippen LogP contribution is 2.13. The maximum atomic E-state index is 10.6. The quantitative estimate of drug-likeness (QED) is 0.885. The average molecular weight is 340 g/mol. The number of hydrogen-bond acceptors (Lipinski definition) is 4. The van der Waals surface area contributed by atoms with Crippen LogP contribution in [0, 0.1) is 11.3 Å². The Bertz CT molecular complexity index is 703. The first-order valence-electron chi connectivity index (χ1n) is 6.76. The molecule has 0 amide bonds. The third kappa shape index (κ3) is 6.10. The van der Waals surface area contributed by atoms with Gasteiger partial charge >= 0.3 is 12.1 Å². The molecule has 0 aliphatic rings. The molecule has 3 N–H and O–H groups in total. The smallest absolute Gasteiger partial charge is 0.475 e. The third-order valence-corrected chi connectivity index (χ3v) is 2.88. The second-order valence-electron chi connectivity index (χ2n) is 4.66. The fourth-order valence-corrected chi connectivity index (χ4v) is 1.73. The fraction of sp³-hybridized carbons (Fsp3) is 0.267. The van der Waals surface area contributed by atoms with E-state index < -0.39 is 12.1 Å². The van der Waals surface area contributed by atoms with E-state index >= 15 is 0 Å². The number of nitrogens with two attached hydrogens (primary N) is 1. The monoisotopic (exact) mass is 340 g/mol. The van der Waals surface area contributed by atoms with Gasteiger partial charge in [-0.2, -0.15) is 18.4 Å². The summed E-state index contributed by atoms with van der Waals surface area (Å²) in [4.78, 5) is 13.0. The molecule has 0 saturated carbocycles. The number of hydrogen-bond donors (Lipinski definition) is 2. The van der Waals surface area contributed by atoms with Gasteiger partial charge in [-0.15, -0.1) is 0 Å². The number of alkyl halides is 3. The van der Waals surface area contributed by atoms with E-state index in [1.165, 1.54) is 0 Å². The zero-order chi connectivity index (χ0) is 18.2. The van der Waals surface area contributed by atoms with Crippen LogP contribution in [0.2, 0.25) is 0 Å². The number of benzene rings is 1. The first-order chi connectivity index (χ1) is 11.3. The van der Waals surface area contributed by atoms with Gasteiger partial charge in [0, 0.05) is 24.9 Å². The number of carboxylic acids is 1. The maximum absolute atomic E-state index is 10.6.